The zero-order chi connectivity index (χ0) is 26.7. The average Bonchev–Trinajstić information content (AvgIpc) is 2.81. The van der Waals surface area contributed by atoms with Crippen LogP contribution in [0.5, 0.6) is 0 Å². The number of aromatic nitrogens is 1. The number of nitrogens with zero attached hydrogens (tertiary/aromatic N) is 1. The number of alkyl halides is 3. The second kappa shape index (κ2) is 10.4. The normalized spacial score (nSPS) is 11.8. The van der Waals surface area contributed by atoms with Crippen molar-refractivity contribution in [1.82, 2.24) is 9.88 Å². The summed E-state index contributed by atoms with van der Waals surface area (Å²) in [6, 6.07) is 12.3. The van der Waals surface area contributed by atoms with E-state index in [0.29, 0.717) is 11.3 Å². The molecule has 3 aromatic rings. The van der Waals surface area contributed by atoms with E-state index < -0.39 is 51.2 Å². The molecular formula is C24H20F3N2O6S-. The van der Waals surface area contributed by atoms with E-state index in [1.165, 1.54) is 55.5 Å². The average molecular weight is 521 g/mol. The number of carboxylic acids is 1. The first-order chi connectivity index (χ1) is 16.8. The van der Waals surface area contributed by atoms with E-state index in [9.17, 15) is 41.1 Å². The number of carbonyl (C=O) groups excluding carboxylic acids is 2. The molecule has 1 N–H and O–H groups in total. The molecule has 0 saturated heterocycles. The molecular weight excluding hydrogens is 501 g/mol. The third-order valence-electron chi connectivity index (χ3n) is 5.26. The van der Waals surface area contributed by atoms with E-state index in [1.807, 2.05) is 0 Å². The van der Waals surface area contributed by atoms with Gasteiger partial charge in [-0.25, -0.2) is 8.42 Å². The Labute approximate surface area is 203 Å². The lowest BCUT2D eigenvalue weighted by atomic mass is 10.1. The van der Waals surface area contributed by atoms with Crippen LogP contribution in [0.1, 0.15) is 33.6 Å². The van der Waals surface area contributed by atoms with E-state index >= 15 is 0 Å². The molecule has 12 heteroatoms. The molecule has 0 bridgehead atoms. The Morgan fingerprint density at radius 2 is 1.69 bits per heavy atom. The third-order valence-corrected chi connectivity index (χ3v) is 7.00. The van der Waals surface area contributed by atoms with Gasteiger partial charge >= 0.3 is 6.18 Å². The van der Waals surface area contributed by atoms with Crippen LogP contribution in [0.3, 0.4) is 0 Å². The maximum atomic E-state index is 13.1. The van der Waals surface area contributed by atoms with Crippen molar-refractivity contribution in [2.24, 2.45) is 0 Å². The van der Waals surface area contributed by atoms with Crippen molar-refractivity contribution in [3.8, 4) is 5.69 Å². The summed E-state index contributed by atoms with van der Waals surface area (Å²) in [5, 5.41) is 13.0. The molecule has 36 heavy (non-hydrogen) atoms. The minimum absolute atomic E-state index is 0.0440. The lowest BCUT2D eigenvalue weighted by Crippen LogP contribution is -2.33. The molecule has 1 amide bonds. The zero-order valence-electron chi connectivity index (χ0n) is 18.8. The summed E-state index contributed by atoms with van der Waals surface area (Å²) in [7, 11) is -3.82. The van der Waals surface area contributed by atoms with Crippen LogP contribution in [0, 0.1) is 6.92 Å². The number of hydrogen-bond donors (Lipinski definition) is 1. The fourth-order valence-electron chi connectivity index (χ4n) is 3.37. The third kappa shape index (κ3) is 6.19. The van der Waals surface area contributed by atoms with E-state index in [1.54, 1.807) is 0 Å². The van der Waals surface area contributed by atoms with Crippen molar-refractivity contribution in [2.75, 3.05) is 5.75 Å². The highest BCUT2D eigenvalue weighted by atomic mass is 32.2. The fraction of sp³-hybridized carbons (Fsp3) is 0.208. The van der Waals surface area contributed by atoms with Gasteiger partial charge in [0, 0.05) is 30.3 Å². The number of amides is 1. The maximum Gasteiger partial charge on any atom is 0.416 e. The topological polar surface area (TPSA) is 125 Å². The number of aryl methyl sites for hydroxylation is 1. The molecule has 0 saturated carbocycles. The van der Waals surface area contributed by atoms with Crippen molar-refractivity contribution >= 4 is 21.7 Å². The predicted molar refractivity (Wildman–Crippen MR) is 121 cm³/mol. The van der Waals surface area contributed by atoms with Gasteiger partial charge in [0.15, 0.2) is 9.84 Å². The largest absolute Gasteiger partial charge is 0.550 e. The monoisotopic (exact) mass is 521 g/mol. The summed E-state index contributed by atoms with van der Waals surface area (Å²) in [6.45, 7) is 1.45. The van der Waals surface area contributed by atoms with Crippen LogP contribution in [0.2, 0.25) is 0 Å². The molecule has 0 radical (unpaired) electrons. The molecule has 0 unspecified atom stereocenters. The minimum atomic E-state index is -4.61. The number of halogens is 3. The number of carbonyl (C=O) groups is 2. The van der Waals surface area contributed by atoms with Gasteiger partial charge in [0.25, 0.3) is 11.5 Å². The summed E-state index contributed by atoms with van der Waals surface area (Å²) in [5.74, 6) is -2.87. The van der Waals surface area contributed by atoms with Crippen LogP contribution in [-0.4, -0.2) is 30.6 Å². The summed E-state index contributed by atoms with van der Waals surface area (Å²) in [6.07, 6.45) is -5.25. The van der Waals surface area contributed by atoms with Crippen molar-refractivity contribution in [2.45, 2.75) is 31.0 Å². The Kier molecular flexibility index (Phi) is 7.68. The molecule has 0 spiro atoms. The summed E-state index contributed by atoms with van der Waals surface area (Å²) in [5.41, 5.74) is -1.26. The summed E-state index contributed by atoms with van der Waals surface area (Å²) >= 11 is 0. The highest BCUT2D eigenvalue weighted by Gasteiger charge is 2.30. The van der Waals surface area contributed by atoms with Crippen LogP contribution in [0.4, 0.5) is 13.2 Å². The smallest absolute Gasteiger partial charge is 0.416 e. The second-order valence-corrected chi connectivity index (χ2v) is 9.95. The highest BCUT2D eigenvalue weighted by molar-refractivity contribution is 7.91. The Morgan fingerprint density at radius 3 is 2.31 bits per heavy atom. The van der Waals surface area contributed by atoms with E-state index in [0.717, 1.165) is 16.7 Å². The minimum Gasteiger partial charge on any atom is -0.550 e. The van der Waals surface area contributed by atoms with Gasteiger partial charge in [0.05, 0.1) is 16.2 Å². The van der Waals surface area contributed by atoms with Crippen LogP contribution in [0.15, 0.2) is 70.4 Å². The number of nitrogens with one attached hydrogen (secondary N) is 1. The predicted octanol–water partition coefficient (Wildman–Crippen LogP) is 2.01. The Hall–Kier alpha value is -3.93. The molecule has 0 aliphatic rings. The van der Waals surface area contributed by atoms with E-state index in [2.05, 4.69) is 5.32 Å². The number of pyridine rings is 1. The van der Waals surface area contributed by atoms with Gasteiger partial charge in [-0.15, -0.1) is 0 Å². The summed E-state index contributed by atoms with van der Waals surface area (Å²) < 4.78 is 64.6. The Balaban J connectivity index is 1.78. The fourth-order valence-corrected chi connectivity index (χ4v) is 4.60. The Bertz CT molecular complexity index is 1460. The van der Waals surface area contributed by atoms with Crippen LogP contribution < -0.4 is 16.0 Å². The molecule has 0 aliphatic carbocycles. The highest BCUT2D eigenvalue weighted by Crippen LogP contribution is 2.30. The van der Waals surface area contributed by atoms with Gasteiger partial charge in [-0.2, -0.15) is 13.2 Å². The van der Waals surface area contributed by atoms with Gasteiger partial charge in [-0.05, 0) is 55.0 Å². The Morgan fingerprint density at radius 1 is 1.03 bits per heavy atom. The molecule has 190 valence electrons. The van der Waals surface area contributed by atoms with E-state index in [-0.39, 0.29) is 22.7 Å². The van der Waals surface area contributed by atoms with Crippen molar-refractivity contribution < 1.29 is 36.3 Å². The van der Waals surface area contributed by atoms with Crippen molar-refractivity contribution in [3.63, 3.8) is 0 Å². The van der Waals surface area contributed by atoms with Gasteiger partial charge in [0.1, 0.15) is 5.56 Å². The van der Waals surface area contributed by atoms with Gasteiger partial charge in [-0.3, -0.25) is 14.2 Å². The van der Waals surface area contributed by atoms with E-state index in [4.69, 9.17) is 0 Å². The first kappa shape index (κ1) is 26.7. The van der Waals surface area contributed by atoms with Crippen LogP contribution in [-0.2, 0) is 27.4 Å². The molecule has 2 aromatic carbocycles. The number of hydrogen-bond acceptors (Lipinski definition) is 6. The first-order valence-corrected chi connectivity index (χ1v) is 12.1. The molecule has 3 rings (SSSR count). The van der Waals surface area contributed by atoms with Gasteiger partial charge < -0.3 is 15.2 Å². The zero-order valence-corrected chi connectivity index (χ0v) is 19.7. The SMILES string of the molecule is Cc1ccc(C(=O)NCc2ccc(S(=O)(=O)CCC(=O)[O-])cc2)c(=O)n1-c1cccc(C(F)(F)F)c1. The number of rotatable bonds is 8. The number of sulfone groups is 1. The van der Waals surface area contributed by atoms with Gasteiger partial charge in [0.2, 0.25) is 0 Å². The molecule has 1 aromatic heterocycles. The first-order valence-electron chi connectivity index (χ1n) is 10.5. The lowest BCUT2D eigenvalue weighted by Gasteiger charge is -2.14. The molecule has 0 atom stereocenters. The maximum absolute atomic E-state index is 13.1. The van der Waals surface area contributed by atoms with Crippen molar-refractivity contribution in [3.05, 3.63) is 93.4 Å². The standard InChI is InChI=1S/C24H21F3N2O6S/c1-15-5-10-20(23(33)29(15)18-4-2-3-17(13-18)24(25,26)27)22(32)28-14-16-6-8-19(9-7-16)36(34,35)12-11-21(30)31/h2-10,13H,11-12,14H2,1H3,(H,28,32)(H,30,31)/p-1. The van der Waals surface area contributed by atoms with Crippen LogP contribution in [0.25, 0.3) is 5.69 Å². The molecule has 0 fully saturated rings. The van der Waals surface area contributed by atoms with Crippen molar-refractivity contribution in [1.29, 1.82) is 0 Å². The molecule has 1 heterocycles. The lowest BCUT2D eigenvalue weighted by molar-refractivity contribution is -0.305. The second-order valence-electron chi connectivity index (χ2n) is 7.84. The quantitative estimate of drug-likeness (QED) is 0.484. The number of aliphatic carboxylic acids is 1. The van der Waals surface area contributed by atoms with Crippen LogP contribution >= 0.6 is 0 Å². The van der Waals surface area contributed by atoms with Gasteiger partial charge in [-0.1, -0.05) is 18.2 Å². The summed E-state index contributed by atoms with van der Waals surface area (Å²) in [4.78, 5) is 36.1. The molecule has 8 nitrogen and oxygen atoms in total. The molecule has 0 aliphatic heterocycles. The number of carboxylic acid groups (broad SMARTS) is 1. The number of benzene rings is 2.